The highest BCUT2D eigenvalue weighted by atomic mass is 32.1. The summed E-state index contributed by atoms with van der Waals surface area (Å²) in [5.41, 5.74) is 3.61. The zero-order chi connectivity index (χ0) is 8.97. The van der Waals surface area contributed by atoms with Crippen LogP contribution < -0.4 is 0 Å². The monoisotopic (exact) mass is 176 g/mol. The van der Waals surface area contributed by atoms with Gasteiger partial charge in [0.05, 0.1) is 5.75 Å². The third-order valence-corrected chi connectivity index (χ3v) is 1.69. The van der Waals surface area contributed by atoms with E-state index < -0.39 is 0 Å². The van der Waals surface area contributed by atoms with Crippen molar-refractivity contribution in [3.8, 4) is 11.8 Å². The van der Waals surface area contributed by atoms with Crippen molar-refractivity contribution in [1.29, 1.82) is 0 Å². The lowest BCUT2D eigenvalue weighted by Crippen LogP contribution is -1.81. The first-order valence-electron chi connectivity index (χ1n) is 3.90. The minimum Gasteiger partial charge on any atom is -0.166 e. The quantitative estimate of drug-likeness (QED) is 0.456. The van der Waals surface area contributed by atoms with Crippen LogP contribution in [0.2, 0.25) is 0 Å². The molecule has 0 spiro atoms. The van der Waals surface area contributed by atoms with E-state index in [9.17, 15) is 0 Å². The van der Waals surface area contributed by atoms with Gasteiger partial charge in [0.1, 0.15) is 0 Å². The Bertz CT molecular complexity index is 308. The molecule has 62 valence electrons. The van der Waals surface area contributed by atoms with Crippen LogP contribution in [0.1, 0.15) is 16.7 Å². The van der Waals surface area contributed by atoms with E-state index in [-0.39, 0.29) is 0 Å². The molecule has 0 aliphatic carbocycles. The fourth-order valence-corrected chi connectivity index (χ4v) is 1.27. The van der Waals surface area contributed by atoms with Crippen molar-refractivity contribution in [2.75, 3.05) is 5.75 Å². The third kappa shape index (κ3) is 2.64. The molecule has 0 bridgehead atoms. The predicted octanol–water partition coefficient (Wildman–Crippen LogP) is 2.58. The van der Waals surface area contributed by atoms with Crippen molar-refractivity contribution in [2.45, 2.75) is 13.8 Å². The molecule has 0 aliphatic heterocycles. The van der Waals surface area contributed by atoms with Crippen LogP contribution >= 0.6 is 12.6 Å². The van der Waals surface area contributed by atoms with E-state index in [2.05, 4.69) is 56.5 Å². The van der Waals surface area contributed by atoms with Gasteiger partial charge in [-0.2, -0.15) is 12.6 Å². The van der Waals surface area contributed by atoms with Crippen LogP contribution in [0.3, 0.4) is 0 Å². The molecule has 0 saturated carbocycles. The Balaban J connectivity index is 3.01. The van der Waals surface area contributed by atoms with Gasteiger partial charge in [-0.15, -0.1) is 0 Å². The van der Waals surface area contributed by atoms with Gasteiger partial charge in [0.2, 0.25) is 0 Å². The maximum absolute atomic E-state index is 4.03. The summed E-state index contributed by atoms with van der Waals surface area (Å²) in [4.78, 5) is 0. The summed E-state index contributed by atoms with van der Waals surface area (Å²) in [6, 6.07) is 6.32. The van der Waals surface area contributed by atoms with Crippen LogP contribution in [0.5, 0.6) is 0 Å². The fourth-order valence-electron chi connectivity index (χ4n) is 1.19. The number of rotatable bonds is 0. The van der Waals surface area contributed by atoms with Crippen LogP contribution in [0.15, 0.2) is 18.2 Å². The van der Waals surface area contributed by atoms with Crippen molar-refractivity contribution in [1.82, 2.24) is 0 Å². The second kappa shape index (κ2) is 4.23. The number of thiol groups is 1. The lowest BCUT2D eigenvalue weighted by Gasteiger charge is -1.96. The molecule has 0 amide bonds. The fraction of sp³-hybridized carbons (Fsp3) is 0.273. The minimum atomic E-state index is 0.618. The molecule has 0 atom stereocenters. The van der Waals surface area contributed by atoms with Crippen LogP contribution in [-0.4, -0.2) is 5.75 Å². The molecule has 1 aromatic carbocycles. The van der Waals surface area contributed by atoms with Gasteiger partial charge in [0, 0.05) is 5.56 Å². The molecule has 0 fully saturated rings. The average molecular weight is 176 g/mol. The Labute approximate surface area is 79.4 Å². The van der Waals surface area contributed by atoms with Crippen molar-refractivity contribution >= 4 is 12.6 Å². The average Bonchev–Trinajstić information content (AvgIpc) is 1.99. The van der Waals surface area contributed by atoms with Crippen LogP contribution in [0.4, 0.5) is 0 Å². The number of hydrogen-bond acceptors (Lipinski definition) is 1. The van der Waals surface area contributed by atoms with Crippen molar-refractivity contribution < 1.29 is 0 Å². The summed E-state index contributed by atoms with van der Waals surface area (Å²) in [7, 11) is 0. The largest absolute Gasteiger partial charge is 0.166 e. The molecule has 0 aliphatic rings. The Morgan fingerprint density at radius 2 is 1.75 bits per heavy atom. The maximum Gasteiger partial charge on any atom is 0.0521 e. The SMILES string of the molecule is Cc1cc(C)cc(C#CCS)c1. The highest BCUT2D eigenvalue weighted by molar-refractivity contribution is 7.80. The van der Waals surface area contributed by atoms with E-state index in [0.29, 0.717) is 5.75 Å². The molecule has 0 N–H and O–H groups in total. The van der Waals surface area contributed by atoms with Gasteiger partial charge >= 0.3 is 0 Å². The highest BCUT2D eigenvalue weighted by Crippen LogP contribution is 2.07. The summed E-state index contributed by atoms with van der Waals surface area (Å²) in [6.45, 7) is 4.16. The predicted molar refractivity (Wildman–Crippen MR) is 56.6 cm³/mol. The molecule has 12 heavy (non-hydrogen) atoms. The van der Waals surface area contributed by atoms with E-state index in [1.165, 1.54) is 11.1 Å². The minimum absolute atomic E-state index is 0.618. The summed E-state index contributed by atoms with van der Waals surface area (Å²) in [5.74, 6) is 6.60. The van der Waals surface area contributed by atoms with Crippen molar-refractivity contribution in [3.05, 3.63) is 34.9 Å². The zero-order valence-electron chi connectivity index (χ0n) is 7.39. The Morgan fingerprint density at radius 3 is 2.25 bits per heavy atom. The number of aryl methyl sites for hydroxylation is 2. The smallest absolute Gasteiger partial charge is 0.0521 e. The standard InChI is InChI=1S/C11H12S/c1-9-6-10(2)8-11(7-9)4-3-5-12/h6-8,12H,5H2,1-2H3. The number of benzene rings is 1. The molecule has 0 radical (unpaired) electrons. The van der Waals surface area contributed by atoms with Crippen LogP contribution in [0.25, 0.3) is 0 Å². The van der Waals surface area contributed by atoms with E-state index in [1.54, 1.807) is 0 Å². The molecule has 0 unspecified atom stereocenters. The summed E-state index contributed by atoms with van der Waals surface area (Å²) in [5, 5.41) is 0. The first-order valence-corrected chi connectivity index (χ1v) is 4.53. The second-order valence-corrected chi connectivity index (χ2v) is 3.15. The normalized spacial score (nSPS) is 8.92. The molecule has 1 rings (SSSR count). The van der Waals surface area contributed by atoms with Gasteiger partial charge in [-0.1, -0.05) is 17.9 Å². The van der Waals surface area contributed by atoms with E-state index in [0.717, 1.165) is 5.56 Å². The summed E-state index contributed by atoms with van der Waals surface area (Å²) >= 11 is 4.03. The lowest BCUT2D eigenvalue weighted by molar-refractivity contribution is 1.37. The van der Waals surface area contributed by atoms with Gasteiger partial charge < -0.3 is 0 Å². The zero-order valence-corrected chi connectivity index (χ0v) is 8.28. The van der Waals surface area contributed by atoms with Crippen LogP contribution in [0, 0.1) is 25.7 Å². The van der Waals surface area contributed by atoms with Gasteiger partial charge in [0.25, 0.3) is 0 Å². The highest BCUT2D eigenvalue weighted by Gasteiger charge is 1.90. The maximum atomic E-state index is 4.03. The van der Waals surface area contributed by atoms with E-state index >= 15 is 0 Å². The molecule has 0 saturated heterocycles. The molecular weight excluding hydrogens is 164 g/mol. The summed E-state index contributed by atoms with van der Waals surface area (Å²) < 4.78 is 0. The molecule has 0 nitrogen and oxygen atoms in total. The van der Waals surface area contributed by atoms with Crippen molar-refractivity contribution in [2.24, 2.45) is 0 Å². The first-order chi connectivity index (χ1) is 5.72. The van der Waals surface area contributed by atoms with E-state index in [4.69, 9.17) is 0 Å². The third-order valence-electron chi connectivity index (χ3n) is 1.53. The van der Waals surface area contributed by atoms with Gasteiger partial charge in [-0.3, -0.25) is 0 Å². The van der Waals surface area contributed by atoms with Gasteiger partial charge in [-0.25, -0.2) is 0 Å². The molecule has 1 aromatic rings. The Morgan fingerprint density at radius 1 is 1.17 bits per heavy atom. The Kier molecular flexibility index (Phi) is 3.25. The van der Waals surface area contributed by atoms with E-state index in [1.807, 2.05) is 0 Å². The van der Waals surface area contributed by atoms with Gasteiger partial charge in [-0.05, 0) is 37.1 Å². The van der Waals surface area contributed by atoms with Crippen molar-refractivity contribution in [3.63, 3.8) is 0 Å². The molecule has 1 heteroatoms. The van der Waals surface area contributed by atoms with Gasteiger partial charge in [0.15, 0.2) is 0 Å². The molecule has 0 heterocycles. The second-order valence-electron chi connectivity index (χ2n) is 2.84. The molecule has 0 aromatic heterocycles. The topological polar surface area (TPSA) is 0 Å². The lowest BCUT2D eigenvalue weighted by atomic mass is 10.1. The number of hydrogen-bond donors (Lipinski definition) is 1. The van der Waals surface area contributed by atoms with Crippen LogP contribution in [-0.2, 0) is 0 Å². The Hall–Kier alpha value is -0.870. The first kappa shape index (κ1) is 9.22. The summed E-state index contributed by atoms with van der Waals surface area (Å²) in [6.07, 6.45) is 0. The molecular formula is C11H12S.